The van der Waals surface area contributed by atoms with Crippen LogP contribution in [0.3, 0.4) is 0 Å². The second-order valence-electron chi connectivity index (χ2n) is 18.1. The Morgan fingerprint density at radius 2 is 1.06 bits per heavy atom. The maximum Gasteiger partial charge on any atom is 0.179 e. The van der Waals surface area contributed by atoms with Crippen LogP contribution in [0.1, 0.15) is 65.4 Å². The molecule has 10 aromatic rings. The van der Waals surface area contributed by atoms with Gasteiger partial charge in [-0.25, -0.2) is 0 Å². The minimum Gasteiger partial charge on any atom is -0.313 e. The quantitative estimate of drug-likeness (QED) is 0.0736. The van der Waals surface area contributed by atoms with Crippen LogP contribution >= 0.6 is 0 Å². The zero-order valence-electron chi connectivity index (χ0n) is 38.8. The van der Waals surface area contributed by atoms with Crippen molar-refractivity contribution in [2.24, 2.45) is 0 Å². The van der Waals surface area contributed by atoms with E-state index in [4.69, 9.17) is 6.42 Å². The van der Waals surface area contributed by atoms with Crippen molar-refractivity contribution in [3.8, 4) is 23.7 Å². The highest BCUT2D eigenvalue weighted by atomic mass is 28.3. The molecule has 326 valence electrons. The monoisotopic (exact) mass is 888 g/mol. The Morgan fingerprint density at radius 1 is 0.574 bits per heavy atom. The molecule has 0 saturated heterocycles. The fourth-order valence-electron chi connectivity index (χ4n) is 11.3. The van der Waals surface area contributed by atoms with Crippen LogP contribution in [-0.4, -0.2) is 17.2 Å². The molecule has 1 aliphatic rings. The summed E-state index contributed by atoms with van der Waals surface area (Å²) in [6.45, 7) is 11.3. The van der Waals surface area contributed by atoms with Crippen molar-refractivity contribution in [3.05, 3.63) is 264 Å². The molecule has 68 heavy (non-hydrogen) atoms. The maximum atomic E-state index is 6.53. The van der Waals surface area contributed by atoms with Gasteiger partial charge < -0.3 is 9.13 Å². The molecule has 2 heterocycles. The minimum atomic E-state index is -2.88. The molecule has 0 spiro atoms. The lowest BCUT2D eigenvalue weighted by Gasteiger charge is -2.34. The van der Waals surface area contributed by atoms with E-state index in [2.05, 4.69) is 267 Å². The summed E-state index contributed by atoms with van der Waals surface area (Å²) in [5, 5.41) is 7.75. The molecule has 0 bridgehead atoms. The van der Waals surface area contributed by atoms with Crippen molar-refractivity contribution in [2.45, 2.75) is 33.1 Å². The van der Waals surface area contributed by atoms with E-state index >= 15 is 0 Å². The molecule has 0 saturated carbocycles. The van der Waals surface area contributed by atoms with Crippen molar-refractivity contribution >= 4 is 73.4 Å². The number of benzene rings is 8. The Labute approximate surface area is 401 Å². The van der Waals surface area contributed by atoms with Crippen LogP contribution in [0.15, 0.2) is 225 Å². The van der Waals surface area contributed by atoms with E-state index in [1.165, 1.54) is 65.0 Å². The van der Waals surface area contributed by atoms with Crippen LogP contribution in [0.5, 0.6) is 0 Å². The van der Waals surface area contributed by atoms with Gasteiger partial charge in [0.15, 0.2) is 8.07 Å². The van der Waals surface area contributed by atoms with Crippen LogP contribution in [0.25, 0.3) is 56.0 Å². The summed E-state index contributed by atoms with van der Waals surface area (Å²) >= 11 is 0. The first-order valence-corrected chi connectivity index (χ1v) is 25.6. The molecule has 1 unspecified atom stereocenters. The Balaban J connectivity index is 1.06. The highest BCUT2D eigenvalue weighted by Gasteiger charge is 2.41. The van der Waals surface area contributed by atoms with Gasteiger partial charge in [-0.2, -0.15) is 0 Å². The third-order valence-corrected chi connectivity index (χ3v) is 19.2. The Bertz CT molecular complexity index is 3580. The van der Waals surface area contributed by atoms with E-state index in [1.807, 2.05) is 0 Å². The molecule has 2 nitrogen and oxygen atoms in total. The van der Waals surface area contributed by atoms with Crippen molar-refractivity contribution in [3.63, 3.8) is 0 Å². The van der Waals surface area contributed by atoms with Gasteiger partial charge in [0.1, 0.15) is 0 Å². The zero-order valence-corrected chi connectivity index (χ0v) is 39.8. The summed E-state index contributed by atoms with van der Waals surface area (Å²) in [4.78, 5) is 0. The number of hydrogen-bond acceptors (Lipinski definition) is 0. The molecule has 0 aliphatic heterocycles. The number of rotatable bonds is 10. The van der Waals surface area contributed by atoms with E-state index in [1.54, 1.807) is 0 Å². The average molecular weight is 889 g/mol. The van der Waals surface area contributed by atoms with Crippen molar-refractivity contribution in [1.29, 1.82) is 0 Å². The predicted molar refractivity (Wildman–Crippen MR) is 293 cm³/mol. The first-order valence-electron chi connectivity index (χ1n) is 23.6. The van der Waals surface area contributed by atoms with Crippen molar-refractivity contribution in [1.82, 2.24) is 9.13 Å². The number of hydrogen-bond donors (Lipinski definition) is 0. The molecule has 0 amide bonds. The summed E-state index contributed by atoms with van der Waals surface area (Å²) in [7, 11) is -2.88. The molecule has 1 aliphatic carbocycles. The number of allylic oxidation sites excluding steroid dienone is 4. The highest BCUT2D eigenvalue weighted by molar-refractivity contribution is 7.19. The molecule has 0 fully saturated rings. The van der Waals surface area contributed by atoms with Gasteiger partial charge in [0.2, 0.25) is 0 Å². The molecule has 3 heteroatoms. The molecule has 2 aromatic heterocycles. The van der Waals surface area contributed by atoms with E-state index in [9.17, 15) is 0 Å². The fraction of sp³-hybridized carbons (Fsp3) is 0.0769. The zero-order chi connectivity index (χ0) is 46.4. The largest absolute Gasteiger partial charge is 0.313 e. The fourth-order valence-corrected chi connectivity index (χ4v) is 16.0. The van der Waals surface area contributed by atoms with E-state index in [-0.39, 0.29) is 5.92 Å². The Hall–Kier alpha value is -8.16. The van der Waals surface area contributed by atoms with Gasteiger partial charge in [0, 0.05) is 50.5 Å². The van der Waals surface area contributed by atoms with Crippen LogP contribution in [0.4, 0.5) is 0 Å². The molecule has 1 atom stereocenters. The smallest absolute Gasteiger partial charge is 0.179 e. The first-order chi connectivity index (χ1) is 33.4. The SMILES string of the molecule is C#C/C(=C(/C)c1c(C)n(-c2ccc([Si](c3ccccc3)(c3ccccc3)c3ccc(-n4c5c(c6ccccc64)C=CCC5=C)cc3)cc2)c2ccccc12)c1ccccc1C(C)c1ccccc1. The van der Waals surface area contributed by atoms with Crippen LogP contribution in [-0.2, 0) is 0 Å². The van der Waals surface area contributed by atoms with Gasteiger partial charge in [-0.3, -0.25) is 0 Å². The molecule has 11 rings (SSSR count). The van der Waals surface area contributed by atoms with Gasteiger partial charge in [-0.15, -0.1) is 6.42 Å². The van der Waals surface area contributed by atoms with Gasteiger partial charge in [0.25, 0.3) is 0 Å². The topological polar surface area (TPSA) is 9.86 Å². The van der Waals surface area contributed by atoms with Crippen molar-refractivity contribution in [2.75, 3.05) is 0 Å². The number of para-hydroxylation sites is 2. The second kappa shape index (κ2) is 17.6. The number of aromatic nitrogens is 2. The van der Waals surface area contributed by atoms with Gasteiger partial charge in [-0.1, -0.05) is 207 Å². The second-order valence-corrected chi connectivity index (χ2v) is 21.9. The van der Waals surface area contributed by atoms with Gasteiger partial charge in [-0.05, 0) is 105 Å². The summed E-state index contributed by atoms with van der Waals surface area (Å²) in [6, 6.07) is 78.1. The lowest BCUT2D eigenvalue weighted by molar-refractivity contribution is 0.918. The normalized spacial score (nSPS) is 13.3. The van der Waals surface area contributed by atoms with Crippen LogP contribution < -0.4 is 20.7 Å². The van der Waals surface area contributed by atoms with Crippen molar-refractivity contribution < 1.29 is 0 Å². The molecular formula is C65H52N2Si. The van der Waals surface area contributed by atoms with E-state index in [0.29, 0.717) is 0 Å². The molecule has 0 radical (unpaired) electrons. The molecular weight excluding hydrogens is 837 g/mol. The molecule has 8 aromatic carbocycles. The summed E-state index contributed by atoms with van der Waals surface area (Å²) in [5.41, 5.74) is 16.1. The lowest BCUT2D eigenvalue weighted by Crippen LogP contribution is -2.74. The number of terminal acetylenes is 1. The summed E-state index contributed by atoms with van der Waals surface area (Å²) in [6.07, 6.45) is 11.9. The highest BCUT2D eigenvalue weighted by Crippen LogP contribution is 2.40. The van der Waals surface area contributed by atoms with Gasteiger partial charge in [0.05, 0.1) is 16.7 Å². The Kier molecular flexibility index (Phi) is 11.0. The van der Waals surface area contributed by atoms with E-state index in [0.717, 1.165) is 51.3 Å². The standard InChI is InChI=1S/C65H52N2Si/c1-6-56(58-31-17-16-30-57(58)46(3)49-24-10-7-11-25-49)47(4)64-48(5)66(63-36-21-19-33-61(63)64)50-37-41-54(42-38-50)68(52-26-12-8-13-27-52,53-28-14-9-15-29-53)55-43-39-51(40-44-55)67-62-35-20-18-32-59(62)60-34-22-23-45(2)65(60)67/h1,7-22,24-44,46H,2,23H2,3-5H3/b56-47+. The minimum absolute atomic E-state index is 0.174. The van der Waals surface area contributed by atoms with Crippen LogP contribution in [0.2, 0.25) is 0 Å². The average Bonchev–Trinajstić information content (AvgIpc) is 3.90. The lowest BCUT2D eigenvalue weighted by atomic mass is 9.85. The third-order valence-electron chi connectivity index (χ3n) is 14.4. The maximum absolute atomic E-state index is 6.53. The van der Waals surface area contributed by atoms with Gasteiger partial charge >= 0.3 is 0 Å². The van der Waals surface area contributed by atoms with E-state index < -0.39 is 8.07 Å². The van der Waals surface area contributed by atoms with Crippen LogP contribution in [0, 0.1) is 19.3 Å². The number of nitrogens with zero attached hydrogens (tertiary/aromatic N) is 2. The number of fused-ring (bicyclic) bond motifs is 4. The summed E-state index contributed by atoms with van der Waals surface area (Å²) in [5.74, 6) is 3.35. The molecule has 0 N–H and O–H groups in total. The Morgan fingerprint density at radius 3 is 1.66 bits per heavy atom. The third kappa shape index (κ3) is 6.88. The summed E-state index contributed by atoms with van der Waals surface area (Å²) < 4.78 is 4.83. The predicted octanol–water partition coefficient (Wildman–Crippen LogP) is 13.4. The first kappa shape index (κ1) is 42.5.